The van der Waals surface area contributed by atoms with Crippen molar-refractivity contribution < 1.29 is 0 Å². The lowest BCUT2D eigenvalue weighted by atomic mass is 9.87. The lowest BCUT2D eigenvalue weighted by molar-refractivity contribution is 0.247. The van der Waals surface area contributed by atoms with E-state index < -0.39 is 0 Å². The number of fused-ring (bicyclic) bond motifs is 1. The number of piperazine rings is 1. The summed E-state index contributed by atoms with van der Waals surface area (Å²) in [6, 6.07) is 17.2. The molecule has 2 aromatic heterocycles. The first-order valence-electron chi connectivity index (χ1n) is 13.4. The Hall–Kier alpha value is -3.45. The maximum Gasteiger partial charge on any atom is 0.222 e. The van der Waals surface area contributed by atoms with Crippen LogP contribution in [-0.4, -0.2) is 57.6 Å². The van der Waals surface area contributed by atoms with Crippen LogP contribution in [0, 0.1) is 5.92 Å². The Labute approximate surface area is 220 Å². The molecule has 194 valence electrons. The van der Waals surface area contributed by atoms with E-state index in [0.29, 0.717) is 5.92 Å². The average Bonchev–Trinajstić information content (AvgIpc) is 3.32. The molecule has 0 saturated carbocycles. The zero-order chi connectivity index (χ0) is 26.0. The van der Waals surface area contributed by atoms with Crippen LogP contribution in [0.15, 0.2) is 54.7 Å². The highest BCUT2D eigenvalue weighted by Gasteiger charge is 2.21. The van der Waals surface area contributed by atoms with Crippen LogP contribution in [0.1, 0.15) is 45.9 Å². The molecule has 37 heavy (non-hydrogen) atoms. The van der Waals surface area contributed by atoms with Crippen LogP contribution in [0.5, 0.6) is 0 Å². The van der Waals surface area contributed by atoms with Crippen molar-refractivity contribution in [2.75, 3.05) is 42.9 Å². The molecule has 0 radical (unpaired) electrons. The highest BCUT2D eigenvalue weighted by atomic mass is 15.3. The highest BCUT2D eigenvalue weighted by molar-refractivity contribution is 5.91. The fourth-order valence-electron chi connectivity index (χ4n) is 4.78. The van der Waals surface area contributed by atoms with Gasteiger partial charge in [0.1, 0.15) is 11.3 Å². The third-order valence-corrected chi connectivity index (χ3v) is 7.00. The second-order valence-electron chi connectivity index (χ2n) is 11.5. The summed E-state index contributed by atoms with van der Waals surface area (Å²) in [5, 5.41) is 3.33. The van der Waals surface area contributed by atoms with Crippen molar-refractivity contribution in [3.05, 3.63) is 66.0 Å². The number of hydrogen-bond acceptors (Lipinski definition) is 6. The zero-order valence-electron chi connectivity index (χ0n) is 22.8. The average molecular weight is 498 g/mol. The van der Waals surface area contributed by atoms with Crippen LogP contribution in [0.4, 0.5) is 11.6 Å². The smallest absolute Gasteiger partial charge is 0.222 e. The quantitative estimate of drug-likeness (QED) is 0.341. The van der Waals surface area contributed by atoms with Crippen molar-refractivity contribution in [3.8, 4) is 11.4 Å². The van der Waals surface area contributed by atoms with Crippen molar-refractivity contribution in [1.82, 2.24) is 24.8 Å². The molecular formula is C30H39N7. The molecule has 1 aliphatic rings. The second kappa shape index (κ2) is 10.5. The normalized spacial score (nSPS) is 15.0. The minimum Gasteiger partial charge on any atom is -0.367 e. The number of rotatable bonds is 7. The van der Waals surface area contributed by atoms with E-state index in [-0.39, 0.29) is 5.41 Å². The van der Waals surface area contributed by atoms with Crippen molar-refractivity contribution >= 4 is 22.7 Å². The predicted octanol–water partition coefficient (Wildman–Crippen LogP) is 5.71. The molecule has 5 rings (SSSR count). The summed E-state index contributed by atoms with van der Waals surface area (Å²) in [6.45, 7) is 16.7. The first-order valence-corrected chi connectivity index (χ1v) is 13.4. The topological polar surface area (TPSA) is 73.0 Å². The lowest BCUT2D eigenvalue weighted by Crippen LogP contribution is -2.46. The van der Waals surface area contributed by atoms with E-state index >= 15 is 0 Å². The summed E-state index contributed by atoms with van der Waals surface area (Å²) < 4.78 is 0. The standard InChI is InChI=1S/C30H39N7/c1-21(2)19-32-29-31-14-13-24(33-29)20-36-15-17-37(18-16-36)26-8-6-7-25-27(26)35-28(34-25)22-9-11-23(12-10-22)30(3,4)5/h6-14,21H,15-20H2,1-5H3,(H,34,35)(H,31,32,33). The predicted molar refractivity (Wildman–Crippen MR) is 153 cm³/mol. The summed E-state index contributed by atoms with van der Waals surface area (Å²) in [4.78, 5) is 22.6. The van der Waals surface area contributed by atoms with E-state index in [1.807, 2.05) is 12.3 Å². The molecule has 0 unspecified atom stereocenters. The molecule has 4 aromatic rings. The number of H-pyrrole nitrogens is 1. The monoisotopic (exact) mass is 497 g/mol. The molecule has 7 nitrogen and oxygen atoms in total. The SMILES string of the molecule is CC(C)CNc1nccc(CN2CCN(c3cccc4[nH]c(-c5ccc(C(C)(C)C)cc5)nc34)CC2)n1. The van der Waals surface area contributed by atoms with Gasteiger partial charge in [-0.05, 0) is 35.1 Å². The van der Waals surface area contributed by atoms with Crippen LogP contribution in [0.2, 0.25) is 0 Å². The Morgan fingerprint density at radius 2 is 1.70 bits per heavy atom. The van der Waals surface area contributed by atoms with Crippen LogP contribution in [-0.2, 0) is 12.0 Å². The Bertz CT molecular complexity index is 1330. The minimum atomic E-state index is 0.141. The number of nitrogens with zero attached hydrogens (tertiary/aromatic N) is 5. The van der Waals surface area contributed by atoms with Crippen molar-refractivity contribution in [2.45, 2.75) is 46.6 Å². The summed E-state index contributed by atoms with van der Waals surface area (Å²) in [6.07, 6.45) is 1.85. The summed E-state index contributed by atoms with van der Waals surface area (Å²) in [5.74, 6) is 2.20. The van der Waals surface area contributed by atoms with Gasteiger partial charge >= 0.3 is 0 Å². The third kappa shape index (κ3) is 5.93. The molecule has 1 saturated heterocycles. The van der Waals surface area contributed by atoms with Gasteiger partial charge in [-0.25, -0.2) is 15.0 Å². The van der Waals surface area contributed by atoms with E-state index in [4.69, 9.17) is 9.97 Å². The Morgan fingerprint density at radius 1 is 0.946 bits per heavy atom. The Kier molecular flexibility index (Phi) is 7.15. The van der Waals surface area contributed by atoms with Crippen LogP contribution < -0.4 is 10.2 Å². The van der Waals surface area contributed by atoms with Crippen LogP contribution >= 0.6 is 0 Å². The van der Waals surface area contributed by atoms with Gasteiger partial charge in [0.15, 0.2) is 0 Å². The van der Waals surface area contributed by atoms with Gasteiger partial charge in [0.05, 0.1) is 16.9 Å². The molecule has 0 aliphatic carbocycles. The van der Waals surface area contributed by atoms with Crippen LogP contribution in [0.25, 0.3) is 22.4 Å². The van der Waals surface area contributed by atoms with Gasteiger partial charge in [-0.1, -0.05) is 65.0 Å². The van der Waals surface area contributed by atoms with Gasteiger partial charge in [0.2, 0.25) is 5.95 Å². The number of benzene rings is 2. The molecule has 2 N–H and O–H groups in total. The highest BCUT2D eigenvalue weighted by Crippen LogP contribution is 2.30. The van der Waals surface area contributed by atoms with Gasteiger partial charge in [0.25, 0.3) is 0 Å². The summed E-state index contributed by atoms with van der Waals surface area (Å²) >= 11 is 0. The van der Waals surface area contributed by atoms with E-state index in [1.165, 1.54) is 11.3 Å². The molecule has 0 atom stereocenters. The van der Waals surface area contributed by atoms with Crippen molar-refractivity contribution in [1.29, 1.82) is 0 Å². The van der Waals surface area contributed by atoms with E-state index in [2.05, 4.69) is 102 Å². The number of imidazole rings is 1. The summed E-state index contributed by atoms with van der Waals surface area (Å²) in [5.41, 5.74) is 6.98. The van der Waals surface area contributed by atoms with Crippen molar-refractivity contribution in [3.63, 3.8) is 0 Å². The van der Waals surface area contributed by atoms with E-state index in [0.717, 1.165) is 73.3 Å². The molecule has 0 bridgehead atoms. The lowest BCUT2D eigenvalue weighted by Gasteiger charge is -2.36. The Balaban J connectivity index is 1.26. The molecule has 3 heterocycles. The maximum atomic E-state index is 5.04. The molecule has 1 aliphatic heterocycles. The minimum absolute atomic E-state index is 0.141. The molecule has 1 fully saturated rings. The maximum absolute atomic E-state index is 5.04. The number of hydrogen-bond donors (Lipinski definition) is 2. The number of anilines is 2. The van der Waals surface area contributed by atoms with Crippen molar-refractivity contribution in [2.24, 2.45) is 5.92 Å². The number of para-hydroxylation sites is 1. The van der Waals surface area contributed by atoms with Gasteiger partial charge in [0, 0.05) is 51.0 Å². The van der Waals surface area contributed by atoms with Crippen LogP contribution in [0.3, 0.4) is 0 Å². The van der Waals surface area contributed by atoms with Gasteiger partial charge in [-0.15, -0.1) is 0 Å². The first-order chi connectivity index (χ1) is 17.8. The fraction of sp³-hybridized carbons (Fsp3) is 0.433. The molecule has 7 heteroatoms. The number of aromatic nitrogens is 4. The number of nitrogens with one attached hydrogen (secondary N) is 2. The van der Waals surface area contributed by atoms with E-state index in [9.17, 15) is 0 Å². The second-order valence-corrected chi connectivity index (χ2v) is 11.5. The van der Waals surface area contributed by atoms with Gasteiger partial charge in [-0.3, -0.25) is 4.90 Å². The third-order valence-electron chi connectivity index (χ3n) is 7.00. The molecule has 2 aromatic carbocycles. The Morgan fingerprint density at radius 3 is 2.41 bits per heavy atom. The van der Waals surface area contributed by atoms with Gasteiger partial charge in [-0.2, -0.15) is 0 Å². The van der Waals surface area contributed by atoms with Gasteiger partial charge < -0.3 is 15.2 Å². The zero-order valence-corrected chi connectivity index (χ0v) is 22.8. The number of aromatic amines is 1. The molecule has 0 spiro atoms. The molecule has 0 amide bonds. The largest absolute Gasteiger partial charge is 0.367 e. The molecular weight excluding hydrogens is 458 g/mol. The first kappa shape index (κ1) is 25.2. The fourth-order valence-corrected chi connectivity index (χ4v) is 4.78. The van der Waals surface area contributed by atoms with E-state index in [1.54, 1.807) is 0 Å². The summed E-state index contributed by atoms with van der Waals surface area (Å²) in [7, 11) is 0.